The number of nitrogens with zero attached hydrogens (tertiary/aromatic N) is 1. The number of rotatable bonds is 2. The van der Waals surface area contributed by atoms with Gasteiger partial charge in [-0.05, 0) is 24.6 Å². The quantitative estimate of drug-likeness (QED) is 0.812. The molecule has 1 aromatic carbocycles. The molecule has 0 bridgehead atoms. The van der Waals surface area contributed by atoms with Gasteiger partial charge in [0.2, 0.25) is 10.0 Å². The van der Waals surface area contributed by atoms with Crippen molar-refractivity contribution in [3.05, 3.63) is 28.6 Å². The van der Waals surface area contributed by atoms with Crippen molar-refractivity contribution >= 4 is 43.0 Å². The van der Waals surface area contributed by atoms with Gasteiger partial charge in [-0.1, -0.05) is 11.6 Å². The molecule has 23 heavy (non-hydrogen) atoms. The Bertz CT molecular complexity index is 835. The van der Waals surface area contributed by atoms with Crippen molar-refractivity contribution in [2.75, 3.05) is 26.3 Å². The molecular weight excluding hydrogens is 358 g/mol. The SMILES string of the molecule is O=S(=O)(c1csc2ccc(Cl)cc12)N1CC[C@@H]2OCCO[C@H]2C1. The van der Waals surface area contributed by atoms with Gasteiger partial charge in [-0.25, -0.2) is 8.42 Å². The summed E-state index contributed by atoms with van der Waals surface area (Å²) in [6.45, 7) is 1.89. The number of fused-ring (bicyclic) bond motifs is 2. The van der Waals surface area contributed by atoms with E-state index in [1.165, 1.54) is 15.6 Å². The first-order chi connectivity index (χ1) is 11.1. The molecule has 124 valence electrons. The Kier molecular flexibility index (Phi) is 4.11. The van der Waals surface area contributed by atoms with Crippen molar-refractivity contribution in [1.82, 2.24) is 4.31 Å². The first-order valence-electron chi connectivity index (χ1n) is 7.46. The van der Waals surface area contributed by atoms with Crippen molar-refractivity contribution in [3.8, 4) is 0 Å². The van der Waals surface area contributed by atoms with Gasteiger partial charge in [0.05, 0.1) is 25.4 Å². The van der Waals surface area contributed by atoms with E-state index in [0.29, 0.717) is 48.0 Å². The van der Waals surface area contributed by atoms with E-state index in [1.54, 1.807) is 17.5 Å². The molecular formula is C15H16ClNO4S2. The van der Waals surface area contributed by atoms with Crippen molar-refractivity contribution in [2.24, 2.45) is 0 Å². The minimum Gasteiger partial charge on any atom is -0.373 e. The molecule has 0 saturated carbocycles. The van der Waals surface area contributed by atoms with E-state index in [2.05, 4.69) is 0 Å². The largest absolute Gasteiger partial charge is 0.373 e. The van der Waals surface area contributed by atoms with Crippen LogP contribution in [0.3, 0.4) is 0 Å². The summed E-state index contributed by atoms with van der Waals surface area (Å²) < 4.78 is 39.8. The van der Waals surface area contributed by atoms with Crippen LogP contribution in [0.15, 0.2) is 28.5 Å². The third-order valence-electron chi connectivity index (χ3n) is 4.33. The number of thiophene rings is 1. The topological polar surface area (TPSA) is 55.8 Å². The van der Waals surface area contributed by atoms with Gasteiger partial charge in [-0.2, -0.15) is 4.31 Å². The van der Waals surface area contributed by atoms with Crippen LogP contribution in [-0.4, -0.2) is 51.2 Å². The summed E-state index contributed by atoms with van der Waals surface area (Å²) in [4.78, 5) is 0.329. The van der Waals surface area contributed by atoms with Gasteiger partial charge in [0.15, 0.2) is 0 Å². The summed E-state index contributed by atoms with van der Waals surface area (Å²) in [7, 11) is -3.56. The zero-order valence-corrected chi connectivity index (χ0v) is 14.7. The average Bonchev–Trinajstić information content (AvgIpc) is 2.98. The molecule has 2 aliphatic rings. The monoisotopic (exact) mass is 373 g/mol. The Balaban J connectivity index is 1.68. The molecule has 3 heterocycles. The standard InChI is InChI=1S/C15H16ClNO4S2/c16-10-1-2-14-11(7-10)15(9-22-14)23(18,19)17-4-3-12-13(8-17)21-6-5-20-12/h1-2,7,9,12-13H,3-6,8H2/t12-,13-/m0/s1. The van der Waals surface area contributed by atoms with Crippen LogP contribution in [0, 0.1) is 0 Å². The van der Waals surface area contributed by atoms with Crippen LogP contribution < -0.4 is 0 Å². The zero-order chi connectivity index (χ0) is 16.0. The smallest absolute Gasteiger partial charge is 0.244 e. The Morgan fingerprint density at radius 2 is 2.00 bits per heavy atom. The van der Waals surface area contributed by atoms with Gasteiger partial charge in [0.25, 0.3) is 0 Å². The van der Waals surface area contributed by atoms with Crippen LogP contribution in [0.5, 0.6) is 0 Å². The summed E-state index contributed by atoms with van der Waals surface area (Å²) in [6, 6.07) is 5.34. The van der Waals surface area contributed by atoms with E-state index in [9.17, 15) is 8.42 Å². The van der Waals surface area contributed by atoms with Crippen LogP contribution >= 0.6 is 22.9 Å². The molecule has 0 aliphatic carbocycles. The molecule has 2 aromatic rings. The second kappa shape index (κ2) is 5.98. The predicted molar refractivity (Wildman–Crippen MR) is 89.7 cm³/mol. The number of ether oxygens (including phenoxy) is 2. The molecule has 0 unspecified atom stereocenters. The van der Waals surface area contributed by atoms with Gasteiger partial charge in [-0.3, -0.25) is 0 Å². The normalized spacial score (nSPS) is 26.3. The highest BCUT2D eigenvalue weighted by atomic mass is 35.5. The lowest BCUT2D eigenvalue weighted by Crippen LogP contribution is -2.53. The van der Waals surface area contributed by atoms with E-state index >= 15 is 0 Å². The fourth-order valence-corrected chi connectivity index (χ4v) is 6.24. The number of benzene rings is 1. The van der Waals surface area contributed by atoms with Crippen molar-refractivity contribution in [3.63, 3.8) is 0 Å². The second-order valence-electron chi connectivity index (χ2n) is 5.71. The maximum Gasteiger partial charge on any atom is 0.244 e. The first kappa shape index (κ1) is 15.8. The number of halogens is 1. The van der Waals surface area contributed by atoms with Crippen molar-refractivity contribution in [1.29, 1.82) is 0 Å². The van der Waals surface area contributed by atoms with Crippen molar-refractivity contribution in [2.45, 2.75) is 23.5 Å². The Labute approximate surface area is 143 Å². The third kappa shape index (κ3) is 2.79. The molecule has 2 fully saturated rings. The van der Waals surface area contributed by atoms with Gasteiger partial charge in [0.1, 0.15) is 4.90 Å². The molecule has 5 nitrogen and oxygen atoms in total. The Hall–Kier alpha value is -0.700. The molecule has 2 aliphatic heterocycles. The molecule has 0 radical (unpaired) electrons. The molecule has 0 amide bonds. The number of hydrogen-bond donors (Lipinski definition) is 0. The van der Waals surface area contributed by atoms with Gasteiger partial charge >= 0.3 is 0 Å². The molecule has 0 N–H and O–H groups in total. The van der Waals surface area contributed by atoms with Crippen LogP contribution in [0.1, 0.15) is 6.42 Å². The maximum absolute atomic E-state index is 13.0. The summed E-state index contributed by atoms with van der Waals surface area (Å²) in [5.41, 5.74) is 0. The Morgan fingerprint density at radius 3 is 2.83 bits per heavy atom. The number of piperidine rings is 1. The Morgan fingerprint density at radius 1 is 1.22 bits per heavy atom. The zero-order valence-electron chi connectivity index (χ0n) is 12.3. The van der Waals surface area contributed by atoms with Crippen LogP contribution in [0.4, 0.5) is 0 Å². The fourth-order valence-electron chi connectivity index (χ4n) is 3.15. The molecule has 0 spiro atoms. The summed E-state index contributed by atoms with van der Waals surface area (Å²) in [5, 5.41) is 2.92. The molecule has 1 aromatic heterocycles. The maximum atomic E-state index is 13.0. The van der Waals surface area contributed by atoms with Crippen LogP contribution in [0.2, 0.25) is 5.02 Å². The van der Waals surface area contributed by atoms with E-state index in [1.807, 2.05) is 6.07 Å². The van der Waals surface area contributed by atoms with Gasteiger partial charge in [-0.15, -0.1) is 11.3 Å². The van der Waals surface area contributed by atoms with Gasteiger partial charge in [0, 0.05) is 33.6 Å². The van der Waals surface area contributed by atoms with Gasteiger partial charge < -0.3 is 9.47 Å². The number of hydrogen-bond acceptors (Lipinski definition) is 5. The minimum absolute atomic E-state index is 0.00358. The van der Waals surface area contributed by atoms with E-state index in [0.717, 1.165) is 4.70 Å². The predicted octanol–water partition coefficient (Wildman–Crippen LogP) is 2.73. The lowest BCUT2D eigenvalue weighted by atomic mass is 10.1. The molecule has 8 heteroatoms. The molecule has 4 rings (SSSR count). The van der Waals surface area contributed by atoms with Crippen LogP contribution in [0.25, 0.3) is 10.1 Å². The molecule has 2 saturated heterocycles. The summed E-state index contributed by atoms with van der Waals surface area (Å²) in [5.74, 6) is 0. The number of sulfonamides is 1. The average molecular weight is 374 g/mol. The lowest BCUT2D eigenvalue weighted by Gasteiger charge is -2.39. The fraction of sp³-hybridized carbons (Fsp3) is 0.467. The minimum atomic E-state index is -3.56. The van der Waals surface area contributed by atoms with Crippen LogP contribution in [-0.2, 0) is 19.5 Å². The highest BCUT2D eigenvalue weighted by Crippen LogP contribution is 2.34. The highest BCUT2D eigenvalue weighted by Gasteiger charge is 2.39. The first-order valence-corrected chi connectivity index (χ1v) is 10.2. The summed E-state index contributed by atoms with van der Waals surface area (Å²) >= 11 is 7.45. The lowest BCUT2D eigenvalue weighted by molar-refractivity contribution is -0.157. The van der Waals surface area contributed by atoms with E-state index < -0.39 is 10.0 Å². The summed E-state index contributed by atoms with van der Waals surface area (Å²) in [6.07, 6.45) is 0.483. The molecule has 2 atom stereocenters. The van der Waals surface area contributed by atoms with Crippen molar-refractivity contribution < 1.29 is 17.9 Å². The third-order valence-corrected chi connectivity index (χ3v) is 7.58. The highest BCUT2D eigenvalue weighted by molar-refractivity contribution is 7.89. The van der Waals surface area contributed by atoms with E-state index in [-0.39, 0.29) is 12.2 Å². The second-order valence-corrected chi connectivity index (χ2v) is 8.96. The van der Waals surface area contributed by atoms with E-state index in [4.69, 9.17) is 21.1 Å².